The third kappa shape index (κ3) is 19.9. The Morgan fingerprint density at radius 3 is 1.81 bits per heavy atom. The zero-order valence-corrected chi connectivity index (χ0v) is 16.1. The molecule has 0 bridgehead atoms. The number of carbonyl (C=O) groups is 1. The summed E-state index contributed by atoms with van der Waals surface area (Å²) in [5.41, 5.74) is 0. The van der Waals surface area contributed by atoms with Gasteiger partial charge in [0.2, 0.25) is 0 Å². The van der Waals surface area contributed by atoms with E-state index in [1.165, 1.54) is 49.8 Å². The quantitative estimate of drug-likeness (QED) is 0.244. The van der Waals surface area contributed by atoms with Gasteiger partial charge in [-0.1, -0.05) is 64.7 Å². The number of nitrogens with zero attached hydrogens (tertiary/aromatic N) is 1. The van der Waals surface area contributed by atoms with Crippen molar-refractivity contribution in [1.82, 2.24) is 4.90 Å². The monoisotopic (exact) mass is 413 g/mol. The predicted octanol–water partition coefficient (Wildman–Crippen LogP) is 3.26. The molecule has 0 saturated carbocycles. The van der Waals surface area contributed by atoms with Crippen LogP contribution in [-0.4, -0.2) is 107 Å². The molecule has 0 fully saturated rings. The number of hydrogen-bond acceptors (Lipinski definition) is 3. The van der Waals surface area contributed by atoms with Crippen LogP contribution in [-0.2, 0) is 10.1 Å². The molecule has 0 rings (SSSR count). The van der Waals surface area contributed by atoms with Crippen LogP contribution >= 0.6 is 0 Å². The van der Waals surface area contributed by atoms with E-state index < -0.39 is 22.0 Å². The SMILES string of the molecule is CCCCCCCCCCCC(C)N(CCCS(=O)(=O)O)C(=O)O.[NaH].[NaH]. The molecule has 1 atom stereocenters. The normalized spacial score (nSPS) is 12.0. The average Bonchev–Trinajstić information content (AvgIpc) is 2.48. The van der Waals surface area contributed by atoms with E-state index in [0.717, 1.165) is 19.3 Å². The van der Waals surface area contributed by atoms with Crippen molar-refractivity contribution in [3.63, 3.8) is 0 Å². The standard InChI is InChI=1S/C17H35NO5S.2Na.2H/c1-3-4-5-6-7-8-9-10-11-13-16(2)18(17(19)20)14-12-15-24(21,22)23;;;;/h16H,3-15H2,1-2H3,(H,19,20)(H,21,22,23);;;;. The summed E-state index contributed by atoms with van der Waals surface area (Å²) >= 11 is 0. The summed E-state index contributed by atoms with van der Waals surface area (Å²) in [5, 5.41) is 9.23. The summed E-state index contributed by atoms with van der Waals surface area (Å²) in [6.07, 6.45) is 10.9. The van der Waals surface area contributed by atoms with Crippen LogP contribution in [0.3, 0.4) is 0 Å². The van der Waals surface area contributed by atoms with Crippen molar-refractivity contribution in [3.05, 3.63) is 0 Å². The van der Waals surface area contributed by atoms with Crippen LogP contribution in [0, 0.1) is 0 Å². The van der Waals surface area contributed by atoms with Crippen molar-refractivity contribution in [3.8, 4) is 0 Å². The first-order valence-corrected chi connectivity index (χ1v) is 10.8. The van der Waals surface area contributed by atoms with Gasteiger partial charge < -0.3 is 10.0 Å². The van der Waals surface area contributed by atoms with Crippen LogP contribution in [0.4, 0.5) is 4.79 Å². The minimum absolute atomic E-state index is 0. The van der Waals surface area contributed by atoms with Crippen LogP contribution in [0.15, 0.2) is 0 Å². The van der Waals surface area contributed by atoms with Gasteiger partial charge in [0, 0.05) is 12.6 Å². The van der Waals surface area contributed by atoms with Gasteiger partial charge in [0.25, 0.3) is 10.1 Å². The fraction of sp³-hybridized carbons (Fsp3) is 0.941. The molecule has 0 spiro atoms. The Hall–Kier alpha value is 1.18. The molecule has 0 heterocycles. The van der Waals surface area contributed by atoms with Crippen LogP contribution in [0.2, 0.25) is 0 Å². The Labute approximate surface area is 204 Å². The number of hydrogen-bond donors (Lipinski definition) is 2. The summed E-state index contributed by atoms with van der Waals surface area (Å²) in [6.45, 7) is 4.20. The maximum absolute atomic E-state index is 11.3. The summed E-state index contributed by atoms with van der Waals surface area (Å²) in [4.78, 5) is 12.5. The molecule has 0 saturated heterocycles. The molecule has 6 nitrogen and oxygen atoms in total. The zero-order valence-electron chi connectivity index (χ0n) is 15.2. The van der Waals surface area contributed by atoms with Crippen molar-refractivity contribution >= 4 is 75.3 Å². The second-order valence-electron chi connectivity index (χ2n) is 6.58. The molecule has 0 aromatic rings. The van der Waals surface area contributed by atoms with Gasteiger partial charge in [0.15, 0.2) is 0 Å². The van der Waals surface area contributed by atoms with Crippen molar-refractivity contribution in [2.24, 2.45) is 0 Å². The molecule has 26 heavy (non-hydrogen) atoms. The topological polar surface area (TPSA) is 94.9 Å². The molecular formula is C17H37NNa2O5S. The van der Waals surface area contributed by atoms with E-state index in [1.54, 1.807) is 0 Å². The van der Waals surface area contributed by atoms with Crippen molar-refractivity contribution in [2.45, 2.75) is 90.5 Å². The fourth-order valence-electron chi connectivity index (χ4n) is 2.83. The van der Waals surface area contributed by atoms with E-state index >= 15 is 0 Å². The van der Waals surface area contributed by atoms with E-state index in [0.29, 0.717) is 0 Å². The number of unbranched alkanes of at least 4 members (excludes halogenated alkanes) is 8. The van der Waals surface area contributed by atoms with Gasteiger partial charge >= 0.3 is 65.2 Å². The molecule has 0 aromatic carbocycles. The molecule has 0 aliphatic carbocycles. The number of amides is 1. The molecular weight excluding hydrogens is 376 g/mol. The molecule has 1 amide bonds. The Balaban J connectivity index is -0.00000264. The summed E-state index contributed by atoms with van der Waals surface area (Å²) < 4.78 is 30.1. The van der Waals surface area contributed by atoms with Gasteiger partial charge in [-0.2, -0.15) is 8.42 Å². The third-order valence-corrected chi connectivity index (χ3v) is 5.11. The summed E-state index contributed by atoms with van der Waals surface area (Å²) in [7, 11) is -4.03. The number of rotatable bonds is 15. The van der Waals surface area contributed by atoms with Gasteiger partial charge in [-0.05, 0) is 19.8 Å². The predicted molar refractivity (Wildman–Crippen MR) is 111 cm³/mol. The fourth-order valence-corrected chi connectivity index (χ4v) is 3.32. The second kappa shape index (κ2) is 19.5. The number of carboxylic acid groups (broad SMARTS) is 1. The van der Waals surface area contributed by atoms with Gasteiger partial charge in [0.1, 0.15) is 0 Å². The molecule has 9 heteroatoms. The van der Waals surface area contributed by atoms with Gasteiger partial charge in [0.05, 0.1) is 5.75 Å². The first-order chi connectivity index (χ1) is 11.3. The second-order valence-corrected chi connectivity index (χ2v) is 8.15. The summed E-state index contributed by atoms with van der Waals surface area (Å²) in [5.74, 6) is -0.401. The Morgan fingerprint density at radius 1 is 0.923 bits per heavy atom. The first-order valence-electron chi connectivity index (χ1n) is 9.22. The average molecular weight is 414 g/mol. The van der Waals surface area contributed by atoms with Crippen molar-refractivity contribution < 1.29 is 22.9 Å². The Morgan fingerprint density at radius 2 is 1.38 bits per heavy atom. The molecule has 0 radical (unpaired) electrons. The Kier molecular flexibility index (Phi) is 23.9. The van der Waals surface area contributed by atoms with Gasteiger partial charge in [-0.3, -0.25) is 4.55 Å². The van der Waals surface area contributed by atoms with Crippen molar-refractivity contribution in [1.29, 1.82) is 0 Å². The minimum atomic E-state index is -4.03. The van der Waals surface area contributed by atoms with E-state index in [1.807, 2.05) is 6.92 Å². The molecule has 0 aliphatic rings. The summed E-state index contributed by atoms with van der Waals surface area (Å²) in [6, 6.07) is -0.131. The van der Waals surface area contributed by atoms with E-state index in [9.17, 15) is 18.3 Å². The van der Waals surface area contributed by atoms with Crippen LogP contribution in [0.5, 0.6) is 0 Å². The zero-order chi connectivity index (χ0) is 18.4. The molecule has 0 aromatic heterocycles. The third-order valence-electron chi connectivity index (χ3n) is 4.30. The van der Waals surface area contributed by atoms with Crippen LogP contribution in [0.1, 0.15) is 84.5 Å². The molecule has 2 N–H and O–H groups in total. The molecule has 0 aliphatic heterocycles. The molecule has 1 unspecified atom stereocenters. The van der Waals surface area contributed by atoms with E-state index in [-0.39, 0.29) is 78.1 Å². The first kappa shape index (κ1) is 31.9. The van der Waals surface area contributed by atoms with Crippen LogP contribution < -0.4 is 0 Å². The van der Waals surface area contributed by atoms with Gasteiger partial charge in [-0.15, -0.1) is 0 Å². The van der Waals surface area contributed by atoms with E-state index in [2.05, 4.69) is 6.92 Å². The van der Waals surface area contributed by atoms with Crippen LogP contribution in [0.25, 0.3) is 0 Å². The maximum atomic E-state index is 11.3. The van der Waals surface area contributed by atoms with Crippen molar-refractivity contribution in [2.75, 3.05) is 12.3 Å². The Bertz CT molecular complexity index is 435. The van der Waals surface area contributed by atoms with Gasteiger partial charge in [-0.25, -0.2) is 4.79 Å². The van der Waals surface area contributed by atoms with E-state index in [4.69, 9.17) is 4.55 Å². The molecule has 148 valence electrons.